The van der Waals surface area contributed by atoms with E-state index < -0.39 is 5.97 Å². The van der Waals surface area contributed by atoms with Crippen molar-refractivity contribution in [1.82, 2.24) is 4.57 Å². The Morgan fingerprint density at radius 1 is 0.955 bits per heavy atom. The summed E-state index contributed by atoms with van der Waals surface area (Å²) >= 11 is 0. The van der Waals surface area contributed by atoms with E-state index in [1.54, 1.807) is 12.1 Å². The van der Waals surface area contributed by atoms with E-state index in [0.717, 1.165) is 11.4 Å². The van der Waals surface area contributed by atoms with E-state index in [1.165, 1.54) is 16.7 Å². The molecule has 1 aromatic heterocycles. The number of aromatic nitrogens is 1. The van der Waals surface area contributed by atoms with E-state index in [0.29, 0.717) is 5.56 Å². The Morgan fingerprint density at radius 3 is 2.18 bits per heavy atom. The monoisotopic (exact) mass is 291 g/mol. The van der Waals surface area contributed by atoms with Crippen molar-refractivity contribution in [2.75, 3.05) is 0 Å². The summed E-state index contributed by atoms with van der Waals surface area (Å²) in [5.74, 6) is -0.906. The molecule has 3 nitrogen and oxygen atoms in total. The van der Waals surface area contributed by atoms with Gasteiger partial charge in [0.25, 0.3) is 0 Å². The average Bonchev–Trinajstić information content (AvgIpc) is 2.83. The van der Waals surface area contributed by atoms with Gasteiger partial charge in [0.05, 0.1) is 5.56 Å². The first-order chi connectivity index (χ1) is 10.6. The van der Waals surface area contributed by atoms with Crippen LogP contribution in [0.5, 0.6) is 0 Å². The van der Waals surface area contributed by atoms with Crippen LogP contribution >= 0.6 is 0 Å². The number of benzene rings is 2. The van der Waals surface area contributed by atoms with Crippen LogP contribution in [-0.2, 0) is 0 Å². The summed E-state index contributed by atoms with van der Waals surface area (Å²) < 4.78 is 2.10. The number of rotatable bonds is 3. The molecule has 0 fully saturated rings. The number of aromatic carboxylic acids is 1. The van der Waals surface area contributed by atoms with Crippen LogP contribution in [0, 0.1) is 13.8 Å². The molecule has 3 heteroatoms. The smallest absolute Gasteiger partial charge is 0.335 e. The summed E-state index contributed by atoms with van der Waals surface area (Å²) in [6.07, 6.45) is 2.09. The average molecular weight is 291 g/mol. The first-order valence-electron chi connectivity index (χ1n) is 7.15. The SMILES string of the molecule is Cc1cn(-c2ccc(C(=O)O)cc2)c(C)c1-c1ccccc1. The first-order valence-corrected chi connectivity index (χ1v) is 7.15. The van der Waals surface area contributed by atoms with Crippen LogP contribution in [0.15, 0.2) is 60.8 Å². The van der Waals surface area contributed by atoms with E-state index in [9.17, 15) is 4.79 Å². The van der Waals surface area contributed by atoms with Crippen molar-refractivity contribution in [3.05, 3.63) is 77.6 Å². The maximum atomic E-state index is 11.0. The zero-order chi connectivity index (χ0) is 15.7. The summed E-state index contributed by atoms with van der Waals surface area (Å²) in [5, 5.41) is 8.99. The third kappa shape index (κ3) is 2.42. The second kappa shape index (κ2) is 5.53. The van der Waals surface area contributed by atoms with Crippen molar-refractivity contribution in [1.29, 1.82) is 0 Å². The number of carboxylic acid groups (broad SMARTS) is 1. The first kappa shape index (κ1) is 14.1. The molecule has 0 spiro atoms. The normalized spacial score (nSPS) is 10.6. The highest BCUT2D eigenvalue weighted by molar-refractivity contribution is 5.87. The molecule has 110 valence electrons. The van der Waals surface area contributed by atoms with Gasteiger partial charge in [-0.05, 0) is 49.2 Å². The highest BCUT2D eigenvalue weighted by Crippen LogP contribution is 2.30. The summed E-state index contributed by atoms with van der Waals surface area (Å²) in [5.41, 5.74) is 6.03. The van der Waals surface area contributed by atoms with Gasteiger partial charge in [-0.1, -0.05) is 30.3 Å². The lowest BCUT2D eigenvalue weighted by molar-refractivity contribution is 0.0697. The molecule has 0 saturated carbocycles. The Bertz CT molecular complexity index is 815. The van der Waals surface area contributed by atoms with E-state index >= 15 is 0 Å². The maximum absolute atomic E-state index is 11.0. The minimum atomic E-state index is -0.906. The van der Waals surface area contributed by atoms with Gasteiger partial charge in [-0.25, -0.2) is 4.79 Å². The molecule has 3 rings (SSSR count). The molecule has 1 N–H and O–H groups in total. The van der Waals surface area contributed by atoms with E-state index in [2.05, 4.69) is 36.7 Å². The minimum absolute atomic E-state index is 0.300. The van der Waals surface area contributed by atoms with Crippen molar-refractivity contribution >= 4 is 5.97 Å². The molecular formula is C19H17NO2. The number of aryl methyl sites for hydroxylation is 1. The highest BCUT2D eigenvalue weighted by Gasteiger charge is 2.12. The topological polar surface area (TPSA) is 42.2 Å². The molecule has 0 aliphatic heterocycles. The molecule has 3 aromatic rings. The van der Waals surface area contributed by atoms with Gasteiger partial charge in [0.2, 0.25) is 0 Å². The Balaban J connectivity index is 2.08. The fourth-order valence-corrected chi connectivity index (χ4v) is 2.83. The van der Waals surface area contributed by atoms with Gasteiger partial charge in [-0.15, -0.1) is 0 Å². The van der Waals surface area contributed by atoms with Gasteiger partial charge in [0.1, 0.15) is 0 Å². The molecule has 0 aliphatic carbocycles. The summed E-state index contributed by atoms with van der Waals surface area (Å²) in [4.78, 5) is 11.0. The zero-order valence-electron chi connectivity index (χ0n) is 12.6. The summed E-state index contributed by atoms with van der Waals surface area (Å²) in [6, 6.07) is 17.2. The Kier molecular flexibility index (Phi) is 3.55. The second-order valence-corrected chi connectivity index (χ2v) is 5.36. The van der Waals surface area contributed by atoms with Crippen LogP contribution in [0.25, 0.3) is 16.8 Å². The highest BCUT2D eigenvalue weighted by atomic mass is 16.4. The molecule has 0 amide bonds. The number of hydrogen-bond donors (Lipinski definition) is 1. The molecular weight excluding hydrogens is 274 g/mol. The third-order valence-corrected chi connectivity index (χ3v) is 3.90. The minimum Gasteiger partial charge on any atom is -0.478 e. The predicted octanol–water partition coefficient (Wildman–Crippen LogP) is 4.46. The summed E-state index contributed by atoms with van der Waals surface area (Å²) in [6.45, 7) is 4.18. The number of nitrogens with zero attached hydrogens (tertiary/aromatic N) is 1. The molecule has 0 aliphatic rings. The van der Waals surface area contributed by atoms with E-state index in [4.69, 9.17) is 5.11 Å². The van der Waals surface area contributed by atoms with Crippen LogP contribution in [0.1, 0.15) is 21.6 Å². The molecule has 1 heterocycles. The van der Waals surface area contributed by atoms with Crippen molar-refractivity contribution in [3.8, 4) is 16.8 Å². The molecule has 0 atom stereocenters. The van der Waals surface area contributed by atoms with Crippen LogP contribution in [0.3, 0.4) is 0 Å². The van der Waals surface area contributed by atoms with Crippen LogP contribution < -0.4 is 0 Å². The van der Waals surface area contributed by atoms with Gasteiger partial charge in [0.15, 0.2) is 0 Å². The molecule has 0 saturated heterocycles. The van der Waals surface area contributed by atoms with Crippen molar-refractivity contribution in [2.24, 2.45) is 0 Å². The Morgan fingerprint density at radius 2 is 1.59 bits per heavy atom. The lowest BCUT2D eigenvalue weighted by Crippen LogP contribution is -1.99. The zero-order valence-corrected chi connectivity index (χ0v) is 12.6. The largest absolute Gasteiger partial charge is 0.478 e. The maximum Gasteiger partial charge on any atom is 0.335 e. The fourth-order valence-electron chi connectivity index (χ4n) is 2.83. The standard InChI is InChI=1S/C19H17NO2/c1-13-12-20(17-10-8-16(9-11-17)19(21)22)14(2)18(13)15-6-4-3-5-7-15/h3-12H,1-2H3,(H,21,22). The van der Waals surface area contributed by atoms with Crippen molar-refractivity contribution < 1.29 is 9.90 Å². The Labute approximate surface area is 129 Å². The fraction of sp³-hybridized carbons (Fsp3) is 0.105. The number of carboxylic acids is 1. The lowest BCUT2D eigenvalue weighted by Gasteiger charge is -2.08. The van der Waals surface area contributed by atoms with Crippen molar-refractivity contribution in [2.45, 2.75) is 13.8 Å². The van der Waals surface area contributed by atoms with Gasteiger partial charge < -0.3 is 9.67 Å². The molecule has 0 unspecified atom stereocenters. The van der Waals surface area contributed by atoms with Crippen LogP contribution in [0.4, 0.5) is 0 Å². The molecule has 2 aromatic carbocycles. The van der Waals surface area contributed by atoms with Gasteiger partial charge in [-0.3, -0.25) is 0 Å². The second-order valence-electron chi connectivity index (χ2n) is 5.36. The van der Waals surface area contributed by atoms with Crippen molar-refractivity contribution in [3.63, 3.8) is 0 Å². The molecule has 0 bridgehead atoms. The van der Waals surface area contributed by atoms with Crippen LogP contribution in [-0.4, -0.2) is 15.6 Å². The predicted molar refractivity (Wildman–Crippen MR) is 87.6 cm³/mol. The lowest BCUT2D eigenvalue weighted by atomic mass is 10.0. The quantitative estimate of drug-likeness (QED) is 0.774. The van der Waals surface area contributed by atoms with E-state index in [1.807, 2.05) is 30.3 Å². The van der Waals surface area contributed by atoms with E-state index in [-0.39, 0.29) is 0 Å². The summed E-state index contributed by atoms with van der Waals surface area (Å²) in [7, 11) is 0. The van der Waals surface area contributed by atoms with Gasteiger partial charge in [-0.2, -0.15) is 0 Å². The van der Waals surface area contributed by atoms with Crippen LogP contribution in [0.2, 0.25) is 0 Å². The Hall–Kier alpha value is -2.81. The number of carbonyl (C=O) groups is 1. The van der Waals surface area contributed by atoms with Gasteiger partial charge in [0, 0.05) is 23.1 Å². The third-order valence-electron chi connectivity index (χ3n) is 3.90. The number of hydrogen-bond acceptors (Lipinski definition) is 1. The van der Waals surface area contributed by atoms with Gasteiger partial charge >= 0.3 is 5.97 Å². The molecule has 0 radical (unpaired) electrons. The molecule has 22 heavy (non-hydrogen) atoms.